The van der Waals surface area contributed by atoms with Gasteiger partial charge in [0.25, 0.3) is 0 Å². The lowest BCUT2D eigenvalue weighted by molar-refractivity contribution is -0.137. The molecule has 1 amide bonds. The maximum absolute atomic E-state index is 12.9. The van der Waals surface area contributed by atoms with Gasteiger partial charge in [-0.1, -0.05) is 23.9 Å². The Morgan fingerprint density at radius 1 is 1.17 bits per heavy atom. The summed E-state index contributed by atoms with van der Waals surface area (Å²) in [4.78, 5) is 23.5. The maximum Gasteiger partial charge on any atom is 0.416 e. The summed E-state index contributed by atoms with van der Waals surface area (Å²) < 4.78 is 45.6. The Balaban J connectivity index is 1.75. The van der Waals surface area contributed by atoms with E-state index >= 15 is 0 Å². The van der Waals surface area contributed by atoms with Crippen molar-refractivity contribution >= 4 is 23.5 Å². The van der Waals surface area contributed by atoms with E-state index in [0.717, 1.165) is 23.9 Å². The number of rotatable bonds is 9. The molecular formula is C19H17F3N4O3S. The van der Waals surface area contributed by atoms with Crippen LogP contribution in [0.5, 0.6) is 0 Å². The van der Waals surface area contributed by atoms with Crippen LogP contribution in [-0.4, -0.2) is 32.2 Å². The number of amides is 1. The van der Waals surface area contributed by atoms with Crippen LogP contribution in [0.1, 0.15) is 33.9 Å². The number of halogens is 3. The summed E-state index contributed by atoms with van der Waals surface area (Å²) in [5.74, 6) is 0.00200. The smallest absolute Gasteiger partial charge is 0.416 e. The third kappa shape index (κ3) is 5.50. The summed E-state index contributed by atoms with van der Waals surface area (Å²) >= 11 is 1.04. The van der Waals surface area contributed by atoms with Crippen molar-refractivity contribution in [1.82, 2.24) is 14.8 Å². The highest BCUT2D eigenvalue weighted by atomic mass is 32.2. The van der Waals surface area contributed by atoms with E-state index in [1.165, 1.54) is 18.4 Å². The molecule has 0 spiro atoms. The normalized spacial score (nSPS) is 11.6. The quantitative estimate of drug-likeness (QED) is 0.406. The van der Waals surface area contributed by atoms with Crippen LogP contribution in [-0.2, 0) is 23.9 Å². The molecule has 30 heavy (non-hydrogen) atoms. The van der Waals surface area contributed by atoms with E-state index < -0.39 is 23.4 Å². The number of carbonyl (C=O) groups is 2. The number of furan rings is 1. The highest BCUT2D eigenvalue weighted by molar-refractivity contribution is 7.99. The monoisotopic (exact) mass is 438 g/mol. The van der Waals surface area contributed by atoms with E-state index in [1.54, 1.807) is 16.7 Å². The number of primary amides is 1. The fourth-order valence-electron chi connectivity index (χ4n) is 2.65. The topological polar surface area (TPSA) is 104 Å². The molecule has 3 aromatic rings. The van der Waals surface area contributed by atoms with Crippen molar-refractivity contribution in [3.05, 3.63) is 65.4 Å². The van der Waals surface area contributed by atoms with Crippen LogP contribution in [0.2, 0.25) is 0 Å². The second-order valence-electron chi connectivity index (χ2n) is 6.32. The summed E-state index contributed by atoms with van der Waals surface area (Å²) in [7, 11) is 0. The zero-order chi connectivity index (χ0) is 21.7. The van der Waals surface area contributed by atoms with Crippen molar-refractivity contribution in [1.29, 1.82) is 0 Å². The number of aryl methyl sites for hydroxylation is 1. The zero-order valence-electron chi connectivity index (χ0n) is 15.6. The molecule has 158 valence electrons. The summed E-state index contributed by atoms with van der Waals surface area (Å²) in [6, 6.07) is 7.74. The second kappa shape index (κ2) is 9.16. The van der Waals surface area contributed by atoms with Crippen molar-refractivity contribution in [3.63, 3.8) is 0 Å². The Morgan fingerprint density at radius 3 is 2.63 bits per heavy atom. The molecule has 0 aliphatic heterocycles. The number of carbonyl (C=O) groups excluding carboxylic acids is 2. The number of thioether (sulfide) groups is 1. The summed E-state index contributed by atoms with van der Waals surface area (Å²) in [5, 5.41) is 8.48. The molecule has 7 nitrogen and oxygen atoms in total. The van der Waals surface area contributed by atoms with Crippen LogP contribution in [0, 0.1) is 0 Å². The Hall–Kier alpha value is -3.08. The van der Waals surface area contributed by atoms with E-state index in [0.29, 0.717) is 16.7 Å². The molecule has 0 aliphatic carbocycles. The van der Waals surface area contributed by atoms with Gasteiger partial charge in [0.1, 0.15) is 11.6 Å². The van der Waals surface area contributed by atoms with Crippen molar-refractivity contribution in [2.24, 2.45) is 5.73 Å². The van der Waals surface area contributed by atoms with Gasteiger partial charge in [-0.3, -0.25) is 14.2 Å². The average Bonchev–Trinajstić information content (AvgIpc) is 3.34. The van der Waals surface area contributed by atoms with Crippen LogP contribution in [0.15, 0.2) is 52.2 Å². The zero-order valence-corrected chi connectivity index (χ0v) is 16.4. The molecular weight excluding hydrogens is 421 g/mol. The predicted octanol–water partition coefficient (Wildman–Crippen LogP) is 3.33. The van der Waals surface area contributed by atoms with Crippen molar-refractivity contribution in [3.8, 4) is 0 Å². The number of ketones is 1. The molecule has 2 heterocycles. The lowest BCUT2D eigenvalue weighted by Crippen LogP contribution is -2.14. The third-order valence-electron chi connectivity index (χ3n) is 4.13. The minimum atomic E-state index is -4.53. The van der Waals surface area contributed by atoms with E-state index in [4.69, 9.17) is 10.2 Å². The van der Waals surface area contributed by atoms with Gasteiger partial charge in [-0.05, 0) is 24.3 Å². The fraction of sp³-hybridized carbons (Fsp3) is 0.263. The van der Waals surface area contributed by atoms with Gasteiger partial charge < -0.3 is 10.2 Å². The van der Waals surface area contributed by atoms with Crippen molar-refractivity contribution in [2.75, 3.05) is 5.75 Å². The minimum absolute atomic E-state index is 0.0385. The van der Waals surface area contributed by atoms with Gasteiger partial charge in [-0.2, -0.15) is 13.2 Å². The Bertz CT molecular complexity index is 1030. The first kappa shape index (κ1) is 21.6. The van der Waals surface area contributed by atoms with Crippen LogP contribution in [0.3, 0.4) is 0 Å². The molecule has 3 rings (SSSR count). The molecule has 0 radical (unpaired) electrons. The van der Waals surface area contributed by atoms with Crippen LogP contribution in [0.4, 0.5) is 13.2 Å². The van der Waals surface area contributed by atoms with Gasteiger partial charge in [0, 0.05) is 18.4 Å². The summed E-state index contributed by atoms with van der Waals surface area (Å²) in [6.45, 7) is 0.272. The average molecular weight is 438 g/mol. The van der Waals surface area contributed by atoms with Crippen molar-refractivity contribution in [2.45, 2.75) is 30.7 Å². The Kier molecular flexibility index (Phi) is 6.60. The number of aromatic nitrogens is 3. The summed E-state index contributed by atoms with van der Waals surface area (Å²) in [5.41, 5.74) is 4.27. The lowest BCUT2D eigenvalue weighted by Gasteiger charge is -2.09. The second-order valence-corrected chi connectivity index (χ2v) is 7.26. The molecule has 0 aliphatic rings. The van der Waals surface area contributed by atoms with E-state index in [9.17, 15) is 22.8 Å². The maximum atomic E-state index is 12.9. The van der Waals surface area contributed by atoms with Gasteiger partial charge >= 0.3 is 6.18 Å². The number of benzene rings is 1. The molecule has 0 atom stereocenters. The Morgan fingerprint density at radius 2 is 1.97 bits per heavy atom. The molecule has 0 unspecified atom stereocenters. The first-order valence-electron chi connectivity index (χ1n) is 8.80. The molecule has 0 fully saturated rings. The first-order chi connectivity index (χ1) is 14.2. The molecule has 11 heteroatoms. The predicted molar refractivity (Wildman–Crippen MR) is 102 cm³/mol. The molecule has 0 bridgehead atoms. The number of hydrogen-bond acceptors (Lipinski definition) is 6. The SMILES string of the molecule is NC(=O)CCc1nnc(SCC(=O)c2cccc(C(F)(F)F)c2)n1Cc1ccco1. The number of alkyl halides is 3. The standard InChI is InChI=1S/C19H17F3N4O3S/c20-19(21,22)13-4-1-3-12(9-13)15(27)11-30-18-25-24-17(7-6-16(23)28)26(18)10-14-5-2-8-29-14/h1-5,8-9H,6-7,10-11H2,(H2,23,28). The van der Waals surface area contributed by atoms with Gasteiger partial charge in [0.05, 0.1) is 24.1 Å². The number of hydrogen-bond donors (Lipinski definition) is 1. The fourth-order valence-corrected chi connectivity index (χ4v) is 3.50. The highest BCUT2D eigenvalue weighted by Crippen LogP contribution is 2.30. The van der Waals surface area contributed by atoms with E-state index in [1.807, 2.05) is 0 Å². The minimum Gasteiger partial charge on any atom is -0.467 e. The van der Waals surface area contributed by atoms with E-state index in [-0.39, 0.29) is 30.7 Å². The van der Waals surface area contributed by atoms with Crippen LogP contribution >= 0.6 is 11.8 Å². The number of nitrogens with two attached hydrogens (primary N) is 1. The largest absolute Gasteiger partial charge is 0.467 e. The van der Waals surface area contributed by atoms with Crippen molar-refractivity contribution < 1.29 is 27.2 Å². The van der Waals surface area contributed by atoms with Crippen LogP contribution < -0.4 is 5.73 Å². The molecule has 2 N–H and O–H groups in total. The summed E-state index contributed by atoms with van der Waals surface area (Å²) in [6.07, 6.45) is -2.69. The molecule has 2 aromatic heterocycles. The molecule has 0 saturated carbocycles. The Labute approximate surface area is 173 Å². The van der Waals surface area contributed by atoms with Gasteiger partial charge in [0.15, 0.2) is 10.9 Å². The van der Waals surface area contributed by atoms with Crippen LogP contribution in [0.25, 0.3) is 0 Å². The van der Waals surface area contributed by atoms with Gasteiger partial charge in [-0.15, -0.1) is 10.2 Å². The van der Waals surface area contributed by atoms with Gasteiger partial charge in [0.2, 0.25) is 5.91 Å². The first-order valence-corrected chi connectivity index (χ1v) is 9.78. The highest BCUT2D eigenvalue weighted by Gasteiger charge is 2.31. The lowest BCUT2D eigenvalue weighted by atomic mass is 10.1. The van der Waals surface area contributed by atoms with E-state index in [2.05, 4.69) is 10.2 Å². The number of nitrogens with zero attached hydrogens (tertiary/aromatic N) is 3. The van der Waals surface area contributed by atoms with Gasteiger partial charge in [-0.25, -0.2) is 0 Å². The molecule has 1 aromatic carbocycles. The number of Topliss-reactive ketones (excluding diaryl/α,β-unsaturated/α-hetero) is 1. The third-order valence-corrected chi connectivity index (χ3v) is 5.09. The molecule has 0 saturated heterocycles.